The minimum Gasteiger partial charge on any atom is -0.456 e. The number of fused-ring (bicyclic) bond motifs is 6. The van der Waals surface area contributed by atoms with Crippen molar-refractivity contribution < 1.29 is 4.42 Å². The first-order valence-corrected chi connectivity index (χ1v) is 19.6. The highest BCUT2D eigenvalue weighted by molar-refractivity contribution is 7.26. The molecule has 11 rings (SSSR count). The average molecular weight is 761 g/mol. The van der Waals surface area contributed by atoms with E-state index in [2.05, 4.69) is 54.6 Å². The number of aromatic nitrogens is 5. The van der Waals surface area contributed by atoms with Gasteiger partial charge in [0.05, 0.1) is 27.5 Å². The van der Waals surface area contributed by atoms with Crippen LogP contribution in [0, 0.1) is 11.3 Å². The van der Waals surface area contributed by atoms with Crippen molar-refractivity contribution in [3.05, 3.63) is 175 Å². The highest BCUT2D eigenvalue weighted by Gasteiger charge is 2.20. The predicted octanol–water partition coefficient (Wildman–Crippen LogP) is 12.8. The maximum atomic E-state index is 9.43. The number of nitriles is 1. The van der Waals surface area contributed by atoms with Crippen molar-refractivity contribution in [3.63, 3.8) is 0 Å². The molecule has 0 atom stereocenters. The number of thiophene rings is 1. The first-order valence-electron chi connectivity index (χ1n) is 18.8. The van der Waals surface area contributed by atoms with Crippen LogP contribution >= 0.6 is 11.3 Å². The van der Waals surface area contributed by atoms with E-state index in [0.29, 0.717) is 34.4 Å². The zero-order valence-corrected chi connectivity index (χ0v) is 31.5. The molecule has 0 aliphatic heterocycles. The van der Waals surface area contributed by atoms with Gasteiger partial charge in [-0.1, -0.05) is 133 Å². The van der Waals surface area contributed by atoms with Gasteiger partial charge < -0.3 is 4.42 Å². The highest BCUT2D eigenvalue weighted by Crippen LogP contribution is 2.41. The summed E-state index contributed by atoms with van der Waals surface area (Å²) < 4.78 is 8.84. The third-order valence-electron chi connectivity index (χ3n) is 10.4. The Balaban J connectivity index is 1.05. The summed E-state index contributed by atoms with van der Waals surface area (Å²) in [7, 11) is 0. The quantitative estimate of drug-likeness (QED) is 0.166. The topological polar surface area (TPSA) is 101 Å². The molecule has 0 aliphatic rings. The van der Waals surface area contributed by atoms with Gasteiger partial charge in [-0.25, -0.2) is 24.9 Å². The van der Waals surface area contributed by atoms with E-state index in [0.717, 1.165) is 76.6 Å². The summed E-state index contributed by atoms with van der Waals surface area (Å²) in [4.78, 5) is 25.5. The Morgan fingerprint density at radius 2 is 1.09 bits per heavy atom. The van der Waals surface area contributed by atoms with Crippen molar-refractivity contribution in [1.82, 2.24) is 24.9 Å². The fourth-order valence-electron chi connectivity index (χ4n) is 7.58. The van der Waals surface area contributed by atoms with Crippen LogP contribution in [-0.4, -0.2) is 24.9 Å². The zero-order valence-electron chi connectivity index (χ0n) is 30.7. The Hall–Kier alpha value is -7.86. The maximum Gasteiger partial charge on any atom is 0.164 e. The van der Waals surface area contributed by atoms with E-state index in [9.17, 15) is 5.26 Å². The van der Waals surface area contributed by atoms with Gasteiger partial charge in [0.15, 0.2) is 23.3 Å². The molecule has 270 valence electrons. The lowest BCUT2D eigenvalue weighted by molar-refractivity contribution is 0.669. The van der Waals surface area contributed by atoms with Crippen LogP contribution in [0.1, 0.15) is 5.56 Å². The predicted molar refractivity (Wildman–Crippen MR) is 233 cm³/mol. The summed E-state index contributed by atoms with van der Waals surface area (Å²) in [5.74, 6) is 2.30. The third-order valence-corrected chi connectivity index (χ3v) is 11.6. The average Bonchev–Trinajstić information content (AvgIpc) is 3.87. The van der Waals surface area contributed by atoms with Crippen molar-refractivity contribution in [2.45, 2.75) is 0 Å². The standard InChI is InChI=1S/C50H28N6OS/c51-29-30-11-9-16-35(27-30)31-21-23-34(24-22-31)48-54-47(33-14-5-2-6-15-33)55-50(56-48)39-18-10-19-40-43(39)37-26-25-36(28-41(37)57-40)49-52-44(32-12-3-1-4-13-32)46-45(53-49)38-17-7-8-20-42(38)58-46/h1-28H. The van der Waals surface area contributed by atoms with Gasteiger partial charge in [-0.3, -0.25) is 0 Å². The van der Waals surface area contributed by atoms with Gasteiger partial charge in [0.25, 0.3) is 0 Å². The van der Waals surface area contributed by atoms with E-state index in [1.165, 1.54) is 4.70 Å². The van der Waals surface area contributed by atoms with Crippen molar-refractivity contribution in [2.75, 3.05) is 0 Å². The third kappa shape index (κ3) is 5.77. The van der Waals surface area contributed by atoms with E-state index in [-0.39, 0.29) is 0 Å². The molecule has 0 amide bonds. The Labute approximate surface area is 336 Å². The van der Waals surface area contributed by atoms with Crippen LogP contribution in [0.5, 0.6) is 0 Å². The normalized spacial score (nSPS) is 11.4. The molecule has 11 aromatic rings. The molecular weight excluding hydrogens is 733 g/mol. The van der Waals surface area contributed by atoms with Crippen LogP contribution in [0.3, 0.4) is 0 Å². The van der Waals surface area contributed by atoms with Crippen molar-refractivity contribution in [2.24, 2.45) is 0 Å². The largest absolute Gasteiger partial charge is 0.456 e. The van der Waals surface area contributed by atoms with E-state index < -0.39 is 0 Å². The van der Waals surface area contributed by atoms with Crippen molar-refractivity contribution >= 4 is 53.6 Å². The molecule has 0 spiro atoms. The van der Waals surface area contributed by atoms with Gasteiger partial charge in [0.2, 0.25) is 0 Å². The first-order chi connectivity index (χ1) is 28.7. The number of nitrogens with zero attached hydrogens (tertiary/aromatic N) is 6. The Morgan fingerprint density at radius 1 is 0.448 bits per heavy atom. The minimum absolute atomic E-state index is 0.539. The second-order valence-electron chi connectivity index (χ2n) is 14.0. The zero-order chi connectivity index (χ0) is 38.6. The second kappa shape index (κ2) is 13.7. The second-order valence-corrected chi connectivity index (χ2v) is 15.0. The Bertz CT molecular complexity index is 3410. The number of furan rings is 1. The SMILES string of the molecule is N#Cc1cccc(-c2ccc(-c3nc(-c4ccccc4)nc(-c4cccc5oc6cc(-c7nc(-c8ccccc8)c8sc9ccccc9c8n7)ccc6c45)n3)cc2)c1. The summed E-state index contributed by atoms with van der Waals surface area (Å²) >= 11 is 1.72. The molecule has 4 heterocycles. The van der Waals surface area contributed by atoms with E-state index in [1.807, 2.05) is 115 Å². The number of hydrogen-bond acceptors (Lipinski definition) is 8. The van der Waals surface area contributed by atoms with E-state index in [4.69, 9.17) is 29.3 Å². The summed E-state index contributed by atoms with van der Waals surface area (Å²) in [6.07, 6.45) is 0. The van der Waals surface area contributed by atoms with Gasteiger partial charge >= 0.3 is 0 Å². The van der Waals surface area contributed by atoms with Crippen LogP contribution in [-0.2, 0) is 0 Å². The van der Waals surface area contributed by atoms with Gasteiger partial charge in [-0.05, 0) is 47.5 Å². The van der Waals surface area contributed by atoms with E-state index >= 15 is 0 Å². The summed E-state index contributed by atoms with van der Waals surface area (Å²) in [5, 5.41) is 12.4. The Morgan fingerprint density at radius 3 is 1.88 bits per heavy atom. The first kappa shape index (κ1) is 33.5. The highest BCUT2D eigenvalue weighted by atomic mass is 32.1. The summed E-state index contributed by atoms with van der Waals surface area (Å²) in [5.41, 5.74) is 10.4. The van der Waals surface area contributed by atoms with Crippen LogP contribution in [0.2, 0.25) is 0 Å². The number of rotatable bonds is 6. The van der Waals surface area contributed by atoms with Crippen LogP contribution < -0.4 is 0 Å². The summed E-state index contributed by atoms with van der Waals surface area (Å²) in [6.45, 7) is 0. The lowest BCUT2D eigenvalue weighted by atomic mass is 10.0. The van der Waals surface area contributed by atoms with Gasteiger partial charge in [0, 0.05) is 48.7 Å². The minimum atomic E-state index is 0.539. The lowest BCUT2D eigenvalue weighted by Crippen LogP contribution is -2.00. The molecule has 8 heteroatoms. The fraction of sp³-hybridized carbons (Fsp3) is 0. The maximum absolute atomic E-state index is 9.43. The smallest absolute Gasteiger partial charge is 0.164 e. The molecular formula is C50H28N6OS. The molecule has 0 saturated carbocycles. The molecule has 0 bridgehead atoms. The molecule has 0 aliphatic carbocycles. The van der Waals surface area contributed by atoms with Gasteiger partial charge in [-0.15, -0.1) is 11.3 Å². The monoisotopic (exact) mass is 760 g/mol. The molecule has 0 fully saturated rings. The van der Waals surface area contributed by atoms with Crippen LogP contribution in [0.25, 0.3) is 110 Å². The van der Waals surface area contributed by atoms with Crippen LogP contribution in [0.15, 0.2) is 174 Å². The molecule has 0 radical (unpaired) electrons. The molecule has 0 unspecified atom stereocenters. The molecule has 7 aromatic carbocycles. The summed E-state index contributed by atoms with van der Waals surface area (Å²) in [6, 6.07) is 58.7. The van der Waals surface area contributed by atoms with Crippen LogP contribution in [0.4, 0.5) is 0 Å². The fourth-order valence-corrected chi connectivity index (χ4v) is 8.74. The molecule has 7 nitrogen and oxygen atoms in total. The van der Waals surface area contributed by atoms with Crippen molar-refractivity contribution in [1.29, 1.82) is 5.26 Å². The van der Waals surface area contributed by atoms with Gasteiger partial charge in [-0.2, -0.15) is 5.26 Å². The van der Waals surface area contributed by atoms with Gasteiger partial charge in [0.1, 0.15) is 11.2 Å². The molecule has 58 heavy (non-hydrogen) atoms. The molecule has 4 aromatic heterocycles. The number of benzene rings is 7. The molecule has 0 saturated heterocycles. The molecule has 0 N–H and O–H groups in total. The Kier molecular flexibility index (Phi) is 7.91. The number of hydrogen-bond donors (Lipinski definition) is 0. The van der Waals surface area contributed by atoms with E-state index in [1.54, 1.807) is 17.4 Å². The van der Waals surface area contributed by atoms with Crippen molar-refractivity contribution in [3.8, 4) is 74.0 Å². The lowest BCUT2D eigenvalue weighted by Gasteiger charge is -2.10.